The van der Waals surface area contributed by atoms with Gasteiger partial charge < -0.3 is 10.1 Å². The lowest BCUT2D eigenvalue weighted by molar-refractivity contribution is -0.150. The van der Waals surface area contributed by atoms with E-state index in [2.05, 4.69) is 5.32 Å². The monoisotopic (exact) mass is 309 g/mol. The first-order valence-electron chi connectivity index (χ1n) is 7.78. The molecule has 2 rings (SSSR count). The van der Waals surface area contributed by atoms with Gasteiger partial charge in [-0.3, -0.25) is 0 Å². The van der Waals surface area contributed by atoms with Crippen LogP contribution in [-0.4, -0.2) is 18.1 Å². The normalized spacial score (nSPS) is 18.8. The van der Waals surface area contributed by atoms with Gasteiger partial charge in [-0.05, 0) is 44.7 Å². The minimum atomic E-state index is -0.721. The number of benzene rings is 1. The Bertz CT molecular complexity index is 485. The van der Waals surface area contributed by atoms with Crippen molar-refractivity contribution in [2.75, 3.05) is 11.9 Å². The summed E-state index contributed by atoms with van der Waals surface area (Å²) in [6.45, 7) is 4.18. The summed E-state index contributed by atoms with van der Waals surface area (Å²) < 4.78 is 5.33. The van der Waals surface area contributed by atoms with Crippen LogP contribution in [0.15, 0.2) is 24.3 Å². The van der Waals surface area contributed by atoms with E-state index < -0.39 is 5.54 Å². The third-order valence-electron chi connectivity index (χ3n) is 4.39. The number of carbonyl (C=O) groups excluding carboxylic acids is 1. The van der Waals surface area contributed by atoms with Crippen LogP contribution in [0.5, 0.6) is 0 Å². The molecule has 0 saturated heterocycles. The Balaban J connectivity index is 2.26. The molecule has 1 aliphatic carbocycles. The summed E-state index contributed by atoms with van der Waals surface area (Å²) in [6, 6.07) is 7.54. The summed E-state index contributed by atoms with van der Waals surface area (Å²) in [5, 5.41) is 4.00. The first-order valence-corrected chi connectivity index (χ1v) is 8.15. The molecule has 1 aromatic carbocycles. The number of hydrogen-bond donors (Lipinski definition) is 1. The molecule has 0 bridgehead atoms. The van der Waals surface area contributed by atoms with E-state index >= 15 is 0 Å². The number of esters is 1. The predicted octanol–water partition coefficient (Wildman–Crippen LogP) is 4.65. The topological polar surface area (TPSA) is 38.3 Å². The molecule has 0 heterocycles. The van der Waals surface area contributed by atoms with Gasteiger partial charge in [0, 0.05) is 0 Å². The lowest BCUT2D eigenvalue weighted by atomic mass is 9.75. The molecule has 1 atom stereocenters. The zero-order valence-corrected chi connectivity index (χ0v) is 13.6. The molecule has 0 spiro atoms. The highest BCUT2D eigenvalue weighted by molar-refractivity contribution is 6.33. The summed E-state index contributed by atoms with van der Waals surface area (Å²) >= 11 is 6.24. The van der Waals surface area contributed by atoms with Gasteiger partial charge in [0.15, 0.2) is 0 Å². The van der Waals surface area contributed by atoms with Crippen LogP contribution in [0, 0.1) is 5.92 Å². The van der Waals surface area contributed by atoms with Crippen molar-refractivity contribution in [2.45, 2.75) is 51.5 Å². The van der Waals surface area contributed by atoms with Gasteiger partial charge in [0.25, 0.3) is 0 Å². The Morgan fingerprint density at radius 3 is 2.62 bits per heavy atom. The Morgan fingerprint density at radius 1 is 1.33 bits per heavy atom. The van der Waals surface area contributed by atoms with Gasteiger partial charge in [0.2, 0.25) is 0 Å². The van der Waals surface area contributed by atoms with E-state index in [1.165, 1.54) is 19.3 Å². The van der Waals surface area contributed by atoms with Crippen molar-refractivity contribution in [3.8, 4) is 0 Å². The second-order valence-corrected chi connectivity index (χ2v) is 6.27. The number of hydrogen-bond acceptors (Lipinski definition) is 3. The van der Waals surface area contributed by atoms with E-state index in [4.69, 9.17) is 16.3 Å². The highest BCUT2D eigenvalue weighted by atomic mass is 35.5. The summed E-state index contributed by atoms with van der Waals surface area (Å²) in [6.07, 6.45) is 5.69. The van der Waals surface area contributed by atoms with Crippen molar-refractivity contribution in [3.63, 3.8) is 0 Å². The van der Waals surface area contributed by atoms with Gasteiger partial charge >= 0.3 is 5.97 Å². The van der Waals surface area contributed by atoms with E-state index in [0.717, 1.165) is 18.5 Å². The highest BCUT2D eigenvalue weighted by Gasteiger charge is 2.43. The van der Waals surface area contributed by atoms with E-state index in [0.29, 0.717) is 11.6 Å². The largest absolute Gasteiger partial charge is 0.464 e. The molecule has 1 fully saturated rings. The maximum atomic E-state index is 12.6. The van der Waals surface area contributed by atoms with E-state index in [1.54, 1.807) is 0 Å². The first-order chi connectivity index (χ1) is 10.1. The summed E-state index contributed by atoms with van der Waals surface area (Å²) in [4.78, 5) is 12.6. The fourth-order valence-corrected chi connectivity index (χ4v) is 3.31. The van der Waals surface area contributed by atoms with Crippen molar-refractivity contribution in [1.29, 1.82) is 0 Å². The zero-order valence-electron chi connectivity index (χ0n) is 12.8. The molecule has 1 unspecified atom stereocenters. The van der Waals surface area contributed by atoms with Crippen LogP contribution in [-0.2, 0) is 9.53 Å². The maximum Gasteiger partial charge on any atom is 0.331 e. The van der Waals surface area contributed by atoms with Crippen LogP contribution in [0.2, 0.25) is 5.02 Å². The van der Waals surface area contributed by atoms with E-state index in [1.807, 2.05) is 38.1 Å². The summed E-state index contributed by atoms with van der Waals surface area (Å²) in [5.74, 6) is 0.0957. The van der Waals surface area contributed by atoms with Crippen molar-refractivity contribution >= 4 is 23.3 Å². The van der Waals surface area contributed by atoms with Crippen molar-refractivity contribution in [3.05, 3.63) is 29.3 Å². The average molecular weight is 310 g/mol. The Labute approximate surface area is 132 Å². The first kappa shape index (κ1) is 16.2. The highest BCUT2D eigenvalue weighted by Crippen LogP contribution is 2.37. The minimum absolute atomic E-state index is 0.184. The number of nitrogens with one attached hydrogen (secondary N) is 1. The minimum Gasteiger partial charge on any atom is -0.464 e. The number of para-hydroxylation sites is 1. The molecule has 4 heteroatoms. The van der Waals surface area contributed by atoms with Gasteiger partial charge in [-0.2, -0.15) is 0 Å². The van der Waals surface area contributed by atoms with Crippen molar-refractivity contribution in [2.24, 2.45) is 5.92 Å². The fourth-order valence-electron chi connectivity index (χ4n) is 3.12. The third kappa shape index (κ3) is 3.70. The lowest BCUT2D eigenvalue weighted by Crippen LogP contribution is -2.51. The van der Waals surface area contributed by atoms with Gasteiger partial charge in [-0.1, -0.05) is 43.0 Å². The molecule has 21 heavy (non-hydrogen) atoms. The number of rotatable bonds is 5. The number of halogens is 1. The Morgan fingerprint density at radius 2 is 2.00 bits per heavy atom. The van der Waals surface area contributed by atoms with Crippen LogP contribution >= 0.6 is 11.6 Å². The molecular formula is C17H24ClNO2. The second-order valence-electron chi connectivity index (χ2n) is 5.86. The molecule has 0 aromatic heterocycles. The average Bonchev–Trinajstić information content (AvgIpc) is 2.50. The zero-order chi connectivity index (χ0) is 15.3. The molecule has 116 valence electrons. The predicted molar refractivity (Wildman–Crippen MR) is 86.7 cm³/mol. The molecule has 1 N–H and O–H groups in total. The van der Waals surface area contributed by atoms with Gasteiger partial charge in [-0.25, -0.2) is 4.79 Å². The van der Waals surface area contributed by atoms with Gasteiger partial charge in [0.1, 0.15) is 5.54 Å². The number of anilines is 1. The molecule has 1 aliphatic rings. The second kappa shape index (κ2) is 7.17. The van der Waals surface area contributed by atoms with Gasteiger partial charge in [0.05, 0.1) is 17.3 Å². The van der Waals surface area contributed by atoms with Crippen LogP contribution in [0.4, 0.5) is 5.69 Å². The molecule has 0 radical (unpaired) electrons. The third-order valence-corrected chi connectivity index (χ3v) is 4.72. The van der Waals surface area contributed by atoms with Crippen LogP contribution in [0.3, 0.4) is 0 Å². The number of carbonyl (C=O) groups is 1. The quantitative estimate of drug-likeness (QED) is 0.804. The molecule has 0 aliphatic heterocycles. The van der Waals surface area contributed by atoms with Crippen molar-refractivity contribution < 1.29 is 9.53 Å². The molecule has 1 aromatic rings. The fraction of sp³-hybridized carbons (Fsp3) is 0.588. The van der Waals surface area contributed by atoms with E-state index in [-0.39, 0.29) is 11.9 Å². The van der Waals surface area contributed by atoms with Crippen LogP contribution < -0.4 is 5.32 Å². The van der Waals surface area contributed by atoms with Crippen LogP contribution in [0.1, 0.15) is 46.0 Å². The van der Waals surface area contributed by atoms with Crippen LogP contribution in [0.25, 0.3) is 0 Å². The smallest absolute Gasteiger partial charge is 0.331 e. The summed E-state index contributed by atoms with van der Waals surface area (Å²) in [5.41, 5.74) is 0.0711. The molecule has 3 nitrogen and oxygen atoms in total. The molecule has 0 amide bonds. The SMILES string of the molecule is CCOC(=O)C(C)(Nc1ccccc1Cl)C1CCCCC1. The maximum absolute atomic E-state index is 12.6. The van der Waals surface area contributed by atoms with E-state index in [9.17, 15) is 4.79 Å². The summed E-state index contributed by atoms with van der Waals surface area (Å²) in [7, 11) is 0. The standard InChI is InChI=1S/C17H24ClNO2/c1-3-21-16(20)17(2,13-9-5-4-6-10-13)19-15-12-8-7-11-14(15)18/h7-8,11-13,19H,3-6,9-10H2,1-2H3. The Kier molecular flexibility index (Phi) is 5.51. The molecule has 1 saturated carbocycles. The lowest BCUT2D eigenvalue weighted by Gasteiger charge is -2.39. The van der Waals surface area contributed by atoms with Crippen molar-refractivity contribution in [1.82, 2.24) is 0 Å². The van der Waals surface area contributed by atoms with Gasteiger partial charge in [-0.15, -0.1) is 0 Å². The number of ether oxygens (including phenoxy) is 1. The molecular weight excluding hydrogens is 286 g/mol. The Hall–Kier alpha value is -1.22.